The van der Waals surface area contributed by atoms with Crippen LogP contribution in [0.3, 0.4) is 0 Å². The molecule has 162 valence electrons. The third-order valence-electron chi connectivity index (χ3n) is 5.09. The van der Waals surface area contributed by atoms with Crippen molar-refractivity contribution < 1.29 is 17.2 Å². The maximum atomic E-state index is 14.0. The van der Waals surface area contributed by atoms with E-state index < -0.39 is 26.6 Å². The van der Waals surface area contributed by atoms with Gasteiger partial charge in [0.25, 0.3) is 0 Å². The van der Waals surface area contributed by atoms with E-state index in [1.165, 1.54) is 4.31 Å². The van der Waals surface area contributed by atoms with E-state index >= 15 is 0 Å². The minimum Gasteiger partial charge on any atom is -0.351 e. The predicted octanol–water partition coefficient (Wildman–Crippen LogP) is 4.34. The Labute approximate surface area is 184 Å². The third-order valence-corrected chi connectivity index (χ3v) is 7.28. The Morgan fingerprint density at radius 3 is 2.42 bits per heavy atom. The largest absolute Gasteiger partial charge is 0.351 e. The normalized spacial score (nSPS) is 15.7. The molecule has 0 atom stereocenters. The first-order chi connectivity index (χ1) is 14.8. The lowest BCUT2D eigenvalue weighted by molar-refractivity contribution is 0.327. The number of halogens is 3. The van der Waals surface area contributed by atoms with E-state index in [2.05, 4.69) is 15.3 Å². The summed E-state index contributed by atoms with van der Waals surface area (Å²) in [5.41, 5.74) is 1.64. The summed E-state index contributed by atoms with van der Waals surface area (Å²) in [5.74, 6) is -1.47. The molecule has 0 saturated carbocycles. The highest BCUT2D eigenvalue weighted by Gasteiger charge is 2.31. The standard InChI is InChI=1S/C21H19ClF2N4O2S/c22-15-3-1-14(2-4-15)19-7-10-25-21(27-19)26-17-8-11-28(12-9-17)31(29,30)20-6-5-16(23)13-18(20)24/h1-7,10,13,17H,8-9,11-12H2,(H,25,26,27). The number of rotatable bonds is 5. The van der Waals surface area contributed by atoms with Crippen LogP contribution in [0.2, 0.25) is 5.02 Å². The van der Waals surface area contributed by atoms with Gasteiger partial charge >= 0.3 is 0 Å². The van der Waals surface area contributed by atoms with Crippen molar-refractivity contribution in [3.8, 4) is 11.3 Å². The highest BCUT2D eigenvalue weighted by atomic mass is 35.5. The van der Waals surface area contributed by atoms with E-state index in [9.17, 15) is 17.2 Å². The number of piperidine rings is 1. The van der Waals surface area contributed by atoms with Crippen molar-refractivity contribution in [1.29, 1.82) is 0 Å². The number of aromatic nitrogens is 2. The fraction of sp³-hybridized carbons (Fsp3) is 0.238. The summed E-state index contributed by atoms with van der Waals surface area (Å²) in [6.45, 7) is 0.404. The quantitative estimate of drug-likeness (QED) is 0.608. The molecule has 0 aliphatic carbocycles. The van der Waals surface area contributed by atoms with Crippen molar-refractivity contribution in [3.05, 3.63) is 71.4 Å². The number of benzene rings is 2. The lowest BCUT2D eigenvalue weighted by Gasteiger charge is -2.31. The number of nitrogens with one attached hydrogen (secondary N) is 1. The minimum absolute atomic E-state index is 0.0371. The molecule has 0 amide bonds. The van der Waals surface area contributed by atoms with Crippen molar-refractivity contribution in [2.45, 2.75) is 23.8 Å². The fourth-order valence-electron chi connectivity index (χ4n) is 3.46. The molecule has 1 aromatic heterocycles. The summed E-state index contributed by atoms with van der Waals surface area (Å²) in [7, 11) is -4.03. The molecule has 2 heterocycles. The van der Waals surface area contributed by atoms with Gasteiger partial charge in [0, 0.05) is 42.0 Å². The second-order valence-corrected chi connectivity index (χ2v) is 9.51. The predicted molar refractivity (Wildman–Crippen MR) is 114 cm³/mol. The first kappa shape index (κ1) is 21.6. The number of sulfonamides is 1. The van der Waals surface area contributed by atoms with E-state index in [1.807, 2.05) is 12.1 Å². The Balaban J connectivity index is 1.41. The Morgan fingerprint density at radius 1 is 1.03 bits per heavy atom. The van der Waals surface area contributed by atoms with E-state index in [0.29, 0.717) is 29.9 Å². The highest BCUT2D eigenvalue weighted by Crippen LogP contribution is 2.25. The van der Waals surface area contributed by atoms with Crippen LogP contribution in [0.1, 0.15) is 12.8 Å². The molecule has 0 spiro atoms. The van der Waals surface area contributed by atoms with Gasteiger partial charge in [0.15, 0.2) is 0 Å². The second-order valence-electron chi connectivity index (χ2n) is 7.17. The maximum absolute atomic E-state index is 14.0. The van der Waals surface area contributed by atoms with Gasteiger partial charge in [0.1, 0.15) is 16.5 Å². The molecule has 10 heteroatoms. The van der Waals surface area contributed by atoms with E-state index in [1.54, 1.807) is 24.4 Å². The monoisotopic (exact) mass is 464 g/mol. The molecule has 1 fully saturated rings. The van der Waals surface area contributed by atoms with Crippen LogP contribution >= 0.6 is 11.6 Å². The van der Waals surface area contributed by atoms with Crippen molar-refractivity contribution in [2.75, 3.05) is 18.4 Å². The van der Waals surface area contributed by atoms with E-state index in [-0.39, 0.29) is 19.1 Å². The summed E-state index contributed by atoms with van der Waals surface area (Å²) < 4.78 is 53.8. The number of hydrogen-bond donors (Lipinski definition) is 1. The summed E-state index contributed by atoms with van der Waals surface area (Å²) in [6.07, 6.45) is 2.64. The van der Waals surface area contributed by atoms with Crippen molar-refractivity contribution >= 4 is 27.6 Å². The number of anilines is 1. The van der Waals surface area contributed by atoms with Gasteiger partial charge in [-0.2, -0.15) is 4.31 Å². The molecule has 1 saturated heterocycles. The average Bonchev–Trinajstić information content (AvgIpc) is 2.74. The zero-order valence-electron chi connectivity index (χ0n) is 16.3. The average molecular weight is 465 g/mol. The van der Waals surface area contributed by atoms with Gasteiger partial charge < -0.3 is 5.32 Å². The van der Waals surface area contributed by atoms with E-state index in [0.717, 1.165) is 23.4 Å². The summed E-state index contributed by atoms with van der Waals surface area (Å²) in [4.78, 5) is 8.25. The van der Waals surface area contributed by atoms with Gasteiger partial charge in [0.2, 0.25) is 16.0 Å². The topological polar surface area (TPSA) is 75.2 Å². The van der Waals surface area contributed by atoms with Gasteiger partial charge in [-0.05, 0) is 43.2 Å². The van der Waals surface area contributed by atoms with Crippen LogP contribution in [0.5, 0.6) is 0 Å². The molecule has 0 bridgehead atoms. The van der Waals surface area contributed by atoms with Crippen LogP contribution in [0.25, 0.3) is 11.3 Å². The van der Waals surface area contributed by atoms with Crippen LogP contribution in [-0.4, -0.2) is 41.8 Å². The van der Waals surface area contributed by atoms with Crippen molar-refractivity contribution in [2.24, 2.45) is 0 Å². The zero-order valence-corrected chi connectivity index (χ0v) is 17.9. The Kier molecular flexibility index (Phi) is 6.17. The van der Waals surface area contributed by atoms with Gasteiger partial charge in [-0.1, -0.05) is 23.7 Å². The Bertz CT molecular complexity index is 1180. The number of nitrogens with zero attached hydrogens (tertiary/aromatic N) is 3. The van der Waals surface area contributed by atoms with Crippen LogP contribution in [0.15, 0.2) is 59.6 Å². The van der Waals surface area contributed by atoms with Crippen molar-refractivity contribution in [3.63, 3.8) is 0 Å². The van der Waals surface area contributed by atoms with Gasteiger partial charge in [-0.25, -0.2) is 27.2 Å². The van der Waals surface area contributed by atoms with Crippen LogP contribution in [-0.2, 0) is 10.0 Å². The highest BCUT2D eigenvalue weighted by molar-refractivity contribution is 7.89. The van der Waals surface area contributed by atoms with Gasteiger partial charge in [-0.3, -0.25) is 0 Å². The number of hydrogen-bond acceptors (Lipinski definition) is 5. The van der Waals surface area contributed by atoms with E-state index in [4.69, 9.17) is 11.6 Å². The second kappa shape index (κ2) is 8.86. The maximum Gasteiger partial charge on any atom is 0.245 e. The van der Waals surface area contributed by atoms with Gasteiger partial charge in [0.05, 0.1) is 5.69 Å². The molecule has 6 nitrogen and oxygen atoms in total. The molecule has 31 heavy (non-hydrogen) atoms. The Morgan fingerprint density at radius 2 is 1.74 bits per heavy atom. The molecule has 0 unspecified atom stereocenters. The molecule has 1 N–H and O–H groups in total. The first-order valence-corrected chi connectivity index (χ1v) is 11.5. The van der Waals surface area contributed by atoms with Crippen LogP contribution < -0.4 is 5.32 Å². The lowest BCUT2D eigenvalue weighted by atomic mass is 10.1. The molecule has 0 radical (unpaired) electrons. The molecule has 1 aliphatic rings. The SMILES string of the molecule is O=S(=O)(c1ccc(F)cc1F)N1CCC(Nc2nccc(-c3ccc(Cl)cc3)n2)CC1. The molecule has 1 aliphatic heterocycles. The van der Waals surface area contributed by atoms with Gasteiger partial charge in [-0.15, -0.1) is 0 Å². The molecule has 3 aromatic rings. The molecule has 2 aromatic carbocycles. The smallest absolute Gasteiger partial charge is 0.245 e. The van der Waals surface area contributed by atoms with Crippen LogP contribution in [0, 0.1) is 11.6 Å². The third kappa shape index (κ3) is 4.84. The first-order valence-electron chi connectivity index (χ1n) is 9.64. The molecular formula is C21H19ClF2N4O2S. The lowest BCUT2D eigenvalue weighted by Crippen LogP contribution is -2.42. The molecular weight excluding hydrogens is 446 g/mol. The minimum atomic E-state index is -4.03. The van der Waals surface area contributed by atoms with Crippen molar-refractivity contribution in [1.82, 2.24) is 14.3 Å². The fourth-order valence-corrected chi connectivity index (χ4v) is 5.10. The molecule has 4 rings (SSSR count). The summed E-state index contributed by atoms with van der Waals surface area (Å²) in [5, 5.41) is 3.88. The Hall–Kier alpha value is -2.62. The summed E-state index contributed by atoms with van der Waals surface area (Å²) in [6, 6.07) is 11.5. The zero-order chi connectivity index (χ0) is 22.0. The van der Waals surface area contributed by atoms with Crippen LogP contribution in [0.4, 0.5) is 14.7 Å². The summed E-state index contributed by atoms with van der Waals surface area (Å²) >= 11 is 5.93.